The van der Waals surface area contributed by atoms with E-state index in [1.165, 1.54) is 0 Å². The fourth-order valence-corrected chi connectivity index (χ4v) is 5.44. The SMILES string of the molecule is CCC(CC)C(=O)N1N=C(c2cccc(OC)c2)C[C@H]1c1cn(-c2ccccc2)nc1-c1cccs1. The highest BCUT2D eigenvalue weighted by Gasteiger charge is 2.38. The second-order valence-electron chi connectivity index (χ2n) is 8.89. The minimum absolute atomic E-state index is 0.0625. The van der Waals surface area contributed by atoms with E-state index in [-0.39, 0.29) is 17.9 Å². The molecule has 2 aromatic carbocycles. The maximum atomic E-state index is 13.7. The molecular formula is C29H30N4O2S. The van der Waals surface area contributed by atoms with E-state index in [4.69, 9.17) is 14.9 Å². The number of methoxy groups -OCH3 is 1. The van der Waals surface area contributed by atoms with Gasteiger partial charge in [-0.15, -0.1) is 11.3 Å². The van der Waals surface area contributed by atoms with Crippen LogP contribution in [0, 0.1) is 5.92 Å². The third-order valence-corrected chi connectivity index (χ3v) is 7.63. The van der Waals surface area contributed by atoms with Gasteiger partial charge in [0, 0.05) is 29.7 Å². The molecule has 0 saturated heterocycles. The molecule has 0 bridgehead atoms. The van der Waals surface area contributed by atoms with Crippen LogP contribution in [-0.4, -0.2) is 33.5 Å². The molecule has 6 nitrogen and oxygen atoms in total. The first kappa shape index (κ1) is 24.0. The molecule has 0 fully saturated rings. The van der Waals surface area contributed by atoms with Crippen molar-refractivity contribution in [2.45, 2.75) is 39.2 Å². The van der Waals surface area contributed by atoms with Crippen LogP contribution in [0.2, 0.25) is 0 Å². The number of aromatic nitrogens is 2. The molecule has 1 aliphatic heterocycles. The molecule has 0 unspecified atom stereocenters. The largest absolute Gasteiger partial charge is 0.497 e. The Morgan fingerprint density at radius 1 is 1.08 bits per heavy atom. The molecule has 7 heteroatoms. The zero-order chi connectivity index (χ0) is 25.1. The van der Waals surface area contributed by atoms with Crippen molar-refractivity contribution in [3.8, 4) is 22.0 Å². The summed E-state index contributed by atoms with van der Waals surface area (Å²) in [4.78, 5) is 14.8. The second kappa shape index (κ2) is 10.5. The number of benzene rings is 2. The van der Waals surface area contributed by atoms with Crippen LogP contribution >= 0.6 is 11.3 Å². The van der Waals surface area contributed by atoms with Crippen LogP contribution in [0.15, 0.2) is 83.4 Å². The molecular weight excluding hydrogens is 468 g/mol. The van der Waals surface area contributed by atoms with Crippen molar-refractivity contribution in [1.82, 2.24) is 14.8 Å². The average molecular weight is 499 g/mol. The molecule has 1 amide bonds. The smallest absolute Gasteiger partial charge is 0.246 e. The number of nitrogens with zero attached hydrogens (tertiary/aromatic N) is 4. The zero-order valence-electron chi connectivity index (χ0n) is 20.8. The zero-order valence-corrected chi connectivity index (χ0v) is 21.6. The lowest BCUT2D eigenvalue weighted by atomic mass is 9.96. The van der Waals surface area contributed by atoms with Gasteiger partial charge in [-0.2, -0.15) is 10.2 Å². The maximum absolute atomic E-state index is 13.7. The molecule has 4 aromatic rings. The van der Waals surface area contributed by atoms with E-state index < -0.39 is 0 Å². The summed E-state index contributed by atoms with van der Waals surface area (Å²) in [6.45, 7) is 4.13. The summed E-state index contributed by atoms with van der Waals surface area (Å²) in [6, 6.07) is 21.8. The van der Waals surface area contributed by atoms with Crippen molar-refractivity contribution in [3.05, 3.63) is 89.4 Å². The van der Waals surface area contributed by atoms with Gasteiger partial charge in [0.2, 0.25) is 5.91 Å². The second-order valence-corrected chi connectivity index (χ2v) is 9.83. The van der Waals surface area contributed by atoms with Gasteiger partial charge in [0.05, 0.1) is 29.4 Å². The van der Waals surface area contributed by atoms with E-state index in [0.717, 1.165) is 51.7 Å². The first-order valence-corrected chi connectivity index (χ1v) is 13.2. The highest BCUT2D eigenvalue weighted by Crippen LogP contribution is 2.40. The molecule has 184 valence electrons. The van der Waals surface area contributed by atoms with Crippen molar-refractivity contribution in [2.75, 3.05) is 7.11 Å². The van der Waals surface area contributed by atoms with Gasteiger partial charge < -0.3 is 4.74 Å². The van der Waals surface area contributed by atoms with Crippen molar-refractivity contribution in [2.24, 2.45) is 11.0 Å². The quantitative estimate of drug-likeness (QED) is 0.271. The van der Waals surface area contributed by atoms with E-state index in [0.29, 0.717) is 6.42 Å². The Morgan fingerprint density at radius 2 is 1.89 bits per heavy atom. The van der Waals surface area contributed by atoms with Crippen LogP contribution in [0.4, 0.5) is 0 Å². The average Bonchev–Trinajstić information content (AvgIpc) is 3.69. The number of carbonyl (C=O) groups is 1. The summed E-state index contributed by atoms with van der Waals surface area (Å²) in [6.07, 6.45) is 4.23. The minimum Gasteiger partial charge on any atom is -0.497 e. The number of hydrazone groups is 1. The highest BCUT2D eigenvalue weighted by atomic mass is 32.1. The number of para-hydroxylation sites is 1. The van der Waals surface area contributed by atoms with Crippen LogP contribution in [0.1, 0.15) is 50.3 Å². The van der Waals surface area contributed by atoms with Gasteiger partial charge in [-0.3, -0.25) is 4.79 Å². The normalized spacial score (nSPS) is 15.4. The molecule has 36 heavy (non-hydrogen) atoms. The lowest BCUT2D eigenvalue weighted by Gasteiger charge is -2.25. The van der Waals surface area contributed by atoms with Crippen LogP contribution < -0.4 is 4.74 Å². The third-order valence-electron chi connectivity index (χ3n) is 6.75. The van der Waals surface area contributed by atoms with Crippen LogP contribution in [-0.2, 0) is 4.79 Å². The van der Waals surface area contributed by atoms with Crippen molar-refractivity contribution < 1.29 is 9.53 Å². The lowest BCUT2D eigenvalue weighted by molar-refractivity contribution is -0.137. The summed E-state index contributed by atoms with van der Waals surface area (Å²) in [5.41, 5.74) is 4.71. The van der Waals surface area contributed by atoms with Gasteiger partial charge in [0.15, 0.2) is 0 Å². The molecule has 3 heterocycles. The van der Waals surface area contributed by atoms with Crippen LogP contribution in [0.25, 0.3) is 16.3 Å². The Labute approximate surface area is 215 Å². The highest BCUT2D eigenvalue weighted by molar-refractivity contribution is 7.13. The van der Waals surface area contributed by atoms with Crippen molar-refractivity contribution in [1.29, 1.82) is 0 Å². The van der Waals surface area contributed by atoms with Gasteiger partial charge in [0.25, 0.3) is 0 Å². The molecule has 0 aliphatic carbocycles. The minimum atomic E-state index is -0.242. The van der Waals surface area contributed by atoms with E-state index in [2.05, 4.69) is 31.5 Å². The number of carbonyl (C=O) groups excluding carboxylic acids is 1. The van der Waals surface area contributed by atoms with Gasteiger partial charge in [0.1, 0.15) is 11.4 Å². The number of thiophene rings is 1. The summed E-state index contributed by atoms with van der Waals surface area (Å²) in [5.74, 6) is 0.760. The third kappa shape index (κ3) is 4.58. The van der Waals surface area contributed by atoms with Gasteiger partial charge in [-0.05, 0) is 48.6 Å². The standard InChI is InChI=1S/C29H30N4O2S/c1-4-20(5-2)29(34)33-26(18-25(30-33)21-11-9-14-23(17-21)35-3)24-19-32(22-12-7-6-8-13-22)31-28(24)27-15-10-16-36-27/h6-17,19-20,26H,4-5,18H2,1-3H3/t26-/m0/s1. The summed E-state index contributed by atoms with van der Waals surface area (Å²) in [7, 11) is 1.66. The van der Waals surface area contributed by atoms with E-state index in [9.17, 15) is 4.79 Å². The predicted octanol–water partition coefficient (Wildman–Crippen LogP) is 6.72. The fourth-order valence-electron chi connectivity index (χ4n) is 4.71. The van der Waals surface area contributed by atoms with Crippen molar-refractivity contribution in [3.63, 3.8) is 0 Å². The number of hydrogen-bond donors (Lipinski definition) is 0. The molecule has 2 aromatic heterocycles. The molecule has 1 aliphatic rings. The first-order chi connectivity index (χ1) is 17.6. The molecule has 0 saturated carbocycles. The lowest BCUT2D eigenvalue weighted by Crippen LogP contribution is -2.32. The number of rotatable bonds is 8. The Morgan fingerprint density at radius 3 is 2.58 bits per heavy atom. The molecule has 0 radical (unpaired) electrons. The number of ether oxygens (including phenoxy) is 1. The van der Waals surface area contributed by atoms with Gasteiger partial charge in [-0.1, -0.05) is 50.2 Å². The summed E-state index contributed by atoms with van der Waals surface area (Å²) < 4.78 is 7.36. The van der Waals surface area contributed by atoms with Gasteiger partial charge in [-0.25, -0.2) is 9.69 Å². The van der Waals surface area contributed by atoms with Gasteiger partial charge >= 0.3 is 0 Å². The predicted molar refractivity (Wildman–Crippen MR) is 145 cm³/mol. The Hall–Kier alpha value is -3.71. The summed E-state index contributed by atoms with van der Waals surface area (Å²) in [5, 5.41) is 13.7. The van der Waals surface area contributed by atoms with E-state index >= 15 is 0 Å². The van der Waals surface area contributed by atoms with E-state index in [1.807, 2.05) is 65.3 Å². The Balaban J connectivity index is 1.62. The molecule has 1 atom stereocenters. The maximum Gasteiger partial charge on any atom is 0.246 e. The monoisotopic (exact) mass is 498 g/mol. The van der Waals surface area contributed by atoms with E-state index in [1.54, 1.807) is 23.5 Å². The number of hydrogen-bond acceptors (Lipinski definition) is 5. The first-order valence-electron chi connectivity index (χ1n) is 12.4. The van der Waals surface area contributed by atoms with Crippen molar-refractivity contribution >= 4 is 23.0 Å². The Bertz CT molecular complexity index is 1360. The number of amides is 1. The molecule has 0 spiro atoms. The Kier molecular flexibility index (Phi) is 7.00. The topological polar surface area (TPSA) is 59.7 Å². The van der Waals surface area contributed by atoms with Crippen LogP contribution in [0.3, 0.4) is 0 Å². The molecule has 5 rings (SSSR count). The van der Waals surface area contributed by atoms with Crippen LogP contribution in [0.5, 0.6) is 5.75 Å². The fraction of sp³-hybridized carbons (Fsp3) is 0.276. The summed E-state index contributed by atoms with van der Waals surface area (Å²) >= 11 is 1.65. The molecule has 0 N–H and O–H groups in total.